The predicted octanol–water partition coefficient (Wildman–Crippen LogP) is 1.41. The third-order valence-electron chi connectivity index (χ3n) is 5.00. The number of sulfonamides is 1. The number of primary sulfonamides is 1. The SMILES string of the molecule is Cc1n[nH]c(=O)c2c(NC(=O)CN(C)C(C)c3ccc(S(N)(=O)=O)cc3)oc(C)c12. The Labute approximate surface area is 173 Å². The number of benzene rings is 1. The molecule has 2 aromatic heterocycles. The third-order valence-corrected chi connectivity index (χ3v) is 5.93. The van der Waals surface area contributed by atoms with E-state index in [1.165, 1.54) is 12.1 Å². The average Bonchev–Trinajstić information content (AvgIpc) is 3.00. The Morgan fingerprint density at radius 1 is 1.27 bits per heavy atom. The number of aryl methyl sites for hydroxylation is 2. The molecule has 0 spiro atoms. The van der Waals surface area contributed by atoms with Crippen LogP contribution in [-0.4, -0.2) is 43.0 Å². The molecule has 11 heteroatoms. The fourth-order valence-corrected chi connectivity index (χ4v) is 3.77. The summed E-state index contributed by atoms with van der Waals surface area (Å²) in [5, 5.41) is 14.9. The van der Waals surface area contributed by atoms with E-state index in [9.17, 15) is 18.0 Å². The highest BCUT2D eigenvalue weighted by atomic mass is 32.2. The van der Waals surface area contributed by atoms with E-state index >= 15 is 0 Å². The minimum Gasteiger partial charge on any atom is -0.444 e. The second kappa shape index (κ2) is 8.01. The number of nitrogens with two attached hydrogens (primary N) is 1. The molecular weight excluding hydrogens is 410 g/mol. The van der Waals surface area contributed by atoms with Crippen molar-refractivity contribution in [1.82, 2.24) is 15.1 Å². The van der Waals surface area contributed by atoms with Gasteiger partial charge < -0.3 is 4.42 Å². The first-order chi connectivity index (χ1) is 14.0. The molecule has 1 amide bonds. The van der Waals surface area contributed by atoms with Crippen LogP contribution in [0.1, 0.15) is 30.0 Å². The Morgan fingerprint density at radius 3 is 2.50 bits per heavy atom. The highest BCUT2D eigenvalue weighted by Gasteiger charge is 2.21. The van der Waals surface area contributed by atoms with Crippen molar-refractivity contribution in [2.45, 2.75) is 31.7 Å². The fourth-order valence-electron chi connectivity index (χ4n) is 3.25. The van der Waals surface area contributed by atoms with Gasteiger partial charge in [0.15, 0.2) is 0 Å². The summed E-state index contributed by atoms with van der Waals surface area (Å²) in [5.74, 6) is 0.209. The molecule has 0 aliphatic heterocycles. The molecule has 0 fully saturated rings. The Kier molecular flexibility index (Phi) is 5.79. The van der Waals surface area contributed by atoms with Crippen LogP contribution in [-0.2, 0) is 14.8 Å². The molecule has 0 radical (unpaired) electrons. The first-order valence-corrected chi connectivity index (χ1v) is 10.6. The quantitative estimate of drug-likeness (QED) is 0.531. The van der Waals surface area contributed by atoms with Crippen molar-refractivity contribution >= 4 is 32.6 Å². The largest absolute Gasteiger partial charge is 0.444 e. The lowest BCUT2D eigenvalue weighted by Crippen LogP contribution is -2.32. The lowest BCUT2D eigenvalue weighted by Gasteiger charge is -2.24. The summed E-state index contributed by atoms with van der Waals surface area (Å²) in [6.45, 7) is 5.33. The van der Waals surface area contributed by atoms with Gasteiger partial charge in [-0.3, -0.25) is 19.8 Å². The van der Waals surface area contributed by atoms with Crippen LogP contribution in [0, 0.1) is 13.8 Å². The van der Waals surface area contributed by atoms with E-state index in [-0.39, 0.29) is 34.7 Å². The number of carbonyl (C=O) groups excluding carboxylic acids is 1. The van der Waals surface area contributed by atoms with Crippen LogP contribution in [0.2, 0.25) is 0 Å². The van der Waals surface area contributed by atoms with Gasteiger partial charge in [-0.25, -0.2) is 18.7 Å². The van der Waals surface area contributed by atoms with Crippen molar-refractivity contribution in [3.05, 3.63) is 51.6 Å². The number of aromatic nitrogens is 2. The van der Waals surface area contributed by atoms with Crippen LogP contribution >= 0.6 is 0 Å². The number of carbonyl (C=O) groups is 1. The first kappa shape index (κ1) is 21.7. The number of amides is 1. The topological polar surface area (TPSA) is 151 Å². The van der Waals surface area contributed by atoms with Crippen molar-refractivity contribution in [1.29, 1.82) is 0 Å². The first-order valence-electron chi connectivity index (χ1n) is 9.10. The molecule has 2 heterocycles. The number of rotatable bonds is 6. The molecule has 0 aliphatic carbocycles. The van der Waals surface area contributed by atoms with Crippen LogP contribution in [0.15, 0.2) is 38.4 Å². The van der Waals surface area contributed by atoms with Gasteiger partial charge in [0.1, 0.15) is 11.1 Å². The number of hydrogen-bond acceptors (Lipinski definition) is 7. The highest BCUT2D eigenvalue weighted by Crippen LogP contribution is 2.28. The molecule has 3 rings (SSSR count). The van der Waals surface area contributed by atoms with E-state index in [0.717, 1.165) is 5.56 Å². The van der Waals surface area contributed by atoms with E-state index in [4.69, 9.17) is 9.56 Å². The Bertz CT molecular complexity index is 1260. The number of furan rings is 1. The minimum atomic E-state index is -3.76. The average molecular weight is 433 g/mol. The molecule has 3 aromatic rings. The van der Waals surface area contributed by atoms with E-state index < -0.39 is 15.6 Å². The van der Waals surface area contributed by atoms with Crippen molar-refractivity contribution in [2.75, 3.05) is 18.9 Å². The smallest absolute Gasteiger partial charge is 0.277 e. The Morgan fingerprint density at radius 2 is 1.90 bits per heavy atom. The van der Waals surface area contributed by atoms with Crippen LogP contribution in [0.3, 0.4) is 0 Å². The van der Waals surface area contributed by atoms with Gasteiger partial charge in [-0.15, -0.1) is 0 Å². The molecule has 30 heavy (non-hydrogen) atoms. The predicted molar refractivity (Wildman–Crippen MR) is 112 cm³/mol. The van der Waals surface area contributed by atoms with Crippen molar-refractivity contribution in [3.8, 4) is 0 Å². The lowest BCUT2D eigenvalue weighted by atomic mass is 10.1. The second-order valence-electron chi connectivity index (χ2n) is 7.13. The van der Waals surface area contributed by atoms with Gasteiger partial charge in [0.25, 0.3) is 5.56 Å². The molecule has 0 saturated heterocycles. The van der Waals surface area contributed by atoms with Gasteiger partial charge in [-0.1, -0.05) is 12.1 Å². The zero-order chi connectivity index (χ0) is 22.2. The maximum Gasteiger partial charge on any atom is 0.277 e. The highest BCUT2D eigenvalue weighted by molar-refractivity contribution is 7.89. The number of likely N-dealkylation sites (N-methyl/N-ethyl adjacent to an activating group) is 1. The zero-order valence-corrected chi connectivity index (χ0v) is 17.8. The van der Waals surface area contributed by atoms with Crippen LogP contribution in [0.5, 0.6) is 0 Å². The molecule has 1 unspecified atom stereocenters. The molecule has 1 aromatic carbocycles. The fraction of sp³-hybridized carbons (Fsp3) is 0.316. The van der Waals surface area contributed by atoms with Crippen molar-refractivity contribution in [3.63, 3.8) is 0 Å². The molecule has 1 atom stereocenters. The van der Waals surface area contributed by atoms with E-state index in [0.29, 0.717) is 16.8 Å². The number of nitrogens with one attached hydrogen (secondary N) is 2. The normalized spacial score (nSPS) is 13.0. The van der Waals surface area contributed by atoms with Gasteiger partial charge >= 0.3 is 0 Å². The van der Waals surface area contributed by atoms with E-state index in [1.807, 2.05) is 6.92 Å². The summed E-state index contributed by atoms with van der Waals surface area (Å²) in [5.41, 5.74) is 0.967. The zero-order valence-electron chi connectivity index (χ0n) is 17.0. The Balaban J connectivity index is 1.74. The molecular formula is C19H23N5O5S. The molecule has 0 aliphatic rings. The van der Waals surface area contributed by atoms with Crippen LogP contribution in [0.4, 0.5) is 5.88 Å². The summed E-state index contributed by atoms with van der Waals surface area (Å²) >= 11 is 0. The molecule has 4 N–H and O–H groups in total. The monoisotopic (exact) mass is 433 g/mol. The molecule has 160 valence electrons. The number of H-pyrrole nitrogens is 1. The summed E-state index contributed by atoms with van der Waals surface area (Å²) in [7, 11) is -2.01. The van der Waals surface area contributed by atoms with Crippen LogP contribution in [0.25, 0.3) is 10.8 Å². The molecule has 0 saturated carbocycles. The summed E-state index contributed by atoms with van der Waals surface area (Å²) < 4.78 is 28.4. The molecule has 10 nitrogen and oxygen atoms in total. The maximum atomic E-state index is 12.6. The lowest BCUT2D eigenvalue weighted by molar-refractivity contribution is -0.117. The van der Waals surface area contributed by atoms with Gasteiger partial charge in [0.2, 0.25) is 21.8 Å². The van der Waals surface area contributed by atoms with Crippen molar-refractivity contribution in [2.24, 2.45) is 5.14 Å². The molecule has 0 bridgehead atoms. The number of anilines is 1. The number of nitrogens with zero attached hydrogens (tertiary/aromatic N) is 2. The third kappa shape index (κ3) is 4.27. The second-order valence-corrected chi connectivity index (χ2v) is 8.69. The maximum absolute atomic E-state index is 12.6. The number of hydrogen-bond donors (Lipinski definition) is 3. The van der Waals surface area contributed by atoms with Crippen molar-refractivity contribution < 1.29 is 17.6 Å². The Hall–Kier alpha value is -3.02. The van der Waals surface area contributed by atoms with Gasteiger partial charge in [0.05, 0.1) is 22.5 Å². The number of fused-ring (bicyclic) bond motifs is 1. The van der Waals surface area contributed by atoms with E-state index in [1.54, 1.807) is 37.9 Å². The van der Waals surface area contributed by atoms with E-state index in [2.05, 4.69) is 15.5 Å². The van der Waals surface area contributed by atoms with Gasteiger partial charge in [0, 0.05) is 6.04 Å². The van der Waals surface area contributed by atoms with Gasteiger partial charge in [-0.2, -0.15) is 5.10 Å². The summed E-state index contributed by atoms with van der Waals surface area (Å²) in [4.78, 5) is 26.5. The number of aromatic amines is 1. The summed E-state index contributed by atoms with van der Waals surface area (Å²) in [6, 6.07) is 5.97. The summed E-state index contributed by atoms with van der Waals surface area (Å²) in [6.07, 6.45) is 0. The standard InChI is InChI=1S/C19H23N5O5S/c1-10-16-12(3)29-19(17(16)18(26)23-22-10)21-15(25)9-24(4)11(2)13-5-7-14(8-6-13)30(20,27)28/h5-8,11H,9H2,1-4H3,(H,21,25)(H,23,26)(H2,20,27,28). The van der Waals surface area contributed by atoms with Crippen LogP contribution < -0.4 is 16.0 Å². The minimum absolute atomic E-state index is 0.0152. The van der Waals surface area contributed by atoms with Gasteiger partial charge in [-0.05, 0) is 45.5 Å².